The van der Waals surface area contributed by atoms with Gasteiger partial charge in [-0.1, -0.05) is 0 Å². The molecule has 2 saturated heterocycles. The van der Waals surface area contributed by atoms with E-state index < -0.39 is 0 Å². The zero-order valence-electron chi connectivity index (χ0n) is 9.84. The Morgan fingerprint density at radius 3 is 3.00 bits per heavy atom. The highest BCUT2D eigenvalue weighted by Crippen LogP contribution is 2.22. The Hall–Kier alpha value is -0.220. The number of hydrogen-bond acceptors (Lipinski definition) is 3. The van der Waals surface area contributed by atoms with Crippen molar-refractivity contribution in [2.75, 3.05) is 31.1 Å². The lowest BCUT2D eigenvalue weighted by Gasteiger charge is -2.11. The van der Waals surface area contributed by atoms with Crippen LogP contribution < -0.4 is 10.6 Å². The minimum Gasteiger partial charge on any atom is -0.356 e. The molecule has 0 aliphatic carbocycles. The van der Waals surface area contributed by atoms with Gasteiger partial charge in [0, 0.05) is 13.0 Å². The van der Waals surface area contributed by atoms with Crippen molar-refractivity contribution in [1.82, 2.24) is 10.6 Å². The van der Waals surface area contributed by atoms with E-state index >= 15 is 0 Å². The molecule has 1 amide bonds. The average molecular weight is 242 g/mol. The van der Waals surface area contributed by atoms with Crippen LogP contribution in [-0.2, 0) is 4.79 Å². The van der Waals surface area contributed by atoms with Gasteiger partial charge in [0.2, 0.25) is 5.91 Å². The van der Waals surface area contributed by atoms with E-state index in [-0.39, 0.29) is 5.91 Å². The van der Waals surface area contributed by atoms with E-state index in [2.05, 4.69) is 10.6 Å². The standard InChI is InChI=1S/C12H22N2OS/c15-12(2-1-10-3-5-13-7-10)14-8-11-4-6-16-9-11/h10-11,13H,1-9H2,(H,14,15). The SMILES string of the molecule is O=C(CCC1CCNC1)NCC1CCSC1. The summed E-state index contributed by atoms with van der Waals surface area (Å²) < 4.78 is 0. The van der Waals surface area contributed by atoms with Crippen molar-refractivity contribution in [1.29, 1.82) is 0 Å². The fraction of sp³-hybridized carbons (Fsp3) is 0.917. The summed E-state index contributed by atoms with van der Waals surface area (Å²) in [6.07, 6.45) is 4.29. The molecule has 3 nitrogen and oxygen atoms in total. The van der Waals surface area contributed by atoms with Crippen LogP contribution >= 0.6 is 11.8 Å². The Kier molecular flexibility index (Phi) is 4.97. The molecule has 0 saturated carbocycles. The molecule has 92 valence electrons. The third-order valence-corrected chi connectivity index (χ3v) is 4.79. The first-order valence-corrected chi connectivity index (χ1v) is 7.55. The van der Waals surface area contributed by atoms with Crippen LogP contribution in [-0.4, -0.2) is 37.0 Å². The lowest BCUT2D eigenvalue weighted by Crippen LogP contribution is -2.29. The van der Waals surface area contributed by atoms with Crippen molar-refractivity contribution in [3.63, 3.8) is 0 Å². The van der Waals surface area contributed by atoms with Crippen molar-refractivity contribution in [2.24, 2.45) is 11.8 Å². The van der Waals surface area contributed by atoms with E-state index in [1.165, 1.54) is 24.3 Å². The number of carbonyl (C=O) groups excluding carboxylic acids is 1. The Balaban J connectivity index is 1.53. The van der Waals surface area contributed by atoms with E-state index in [4.69, 9.17) is 0 Å². The quantitative estimate of drug-likeness (QED) is 0.762. The fourth-order valence-electron chi connectivity index (χ4n) is 2.39. The second kappa shape index (κ2) is 6.50. The van der Waals surface area contributed by atoms with Gasteiger partial charge in [0.15, 0.2) is 0 Å². The number of hydrogen-bond donors (Lipinski definition) is 2. The van der Waals surface area contributed by atoms with Gasteiger partial charge in [0.1, 0.15) is 0 Å². The fourth-order valence-corrected chi connectivity index (χ4v) is 3.67. The third-order valence-electron chi connectivity index (χ3n) is 3.55. The summed E-state index contributed by atoms with van der Waals surface area (Å²) in [6, 6.07) is 0. The van der Waals surface area contributed by atoms with Gasteiger partial charge in [-0.2, -0.15) is 11.8 Å². The zero-order chi connectivity index (χ0) is 11.2. The molecule has 2 aliphatic rings. The van der Waals surface area contributed by atoms with Crippen LogP contribution in [0.25, 0.3) is 0 Å². The van der Waals surface area contributed by atoms with E-state index in [9.17, 15) is 4.79 Å². The van der Waals surface area contributed by atoms with Gasteiger partial charge in [0.25, 0.3) is 0 Å². The van der Waals surface area contributed by atoms with Gasteiger partial charge in [-0.3, -0.25) is 4.79 Å². The highest BCUT2D eigenvalue weighted by Gasteiger charge is 2.18. The second-order valence-corrected chi connectivity index (χ2v) is 6.08. The number of carbonyl (C=O) groups is 1. The summed E-state index contributed by atoms with van der Waals surface area (Å²) in [5.74, 6) is 4.21. The van der Waals surface area contributed by atoms with Crippen molar-refractivity contribution < 1.29 is 4.79 Å². The molecular formula is C12H22N2OS. The van der Waals surface area contributed by atoms with Gasteiger partial charge < -0.3 is 10.6 Å². The maximum absolute atomic E-state index is 11.6. The summed E-state index contributed by atoms with van der Waals surface area (Å²) >= 11 is 2.01. The van der Waals surface area contributed by atoms with Crippen LogP contribution in [0.2, 0.25) is 0 Å². The molecule has 2 heterocycles. The van der Waals surface area contributed by atoms with Gasteiger partial charge >= 0.3 is 0 Å². The largest absolute Gasteiger partial charge is 0.356 e. The smallest absolute Gasteiger partial charge is 0.220 e. The molecule has 4 heteroatoms. The van der Waals surface area contributed by atoms with Gasteiger partial charge in [0.05, 0.1) is 0 Å². The van der Waals surface area contributed by atoms with Gasteiger partial charge in [-0.05, 0) is 55.7 Å². The van der Waals surface area contributed by atoms with Crippen molar-refractivity contribution in [3.8, 4) is 0 Å². The average Bonchev–Trinajstić information content (AvgIpc) is 2.96. The molecule has 2 fully saturated rings. The first kappa shape index (κ1) is 12.2. The molecular weight excluding hydrogens is 220 g/mol. The number of thioether (sulfide) groups is 1. The van der Waals surface area contributed by atoms with Crippen molar-refractivity contribution in [2.45, 2.75) is 25.7 Å². The van der Waals surface area contributed by atoms with Crippen LogP contribution in [0.4, 0.5) is 0 Å². The first-order chi connectivity index (χ1) is 7.84. The summed E-state index contributed by atoms with van der Waals surface area (Å²) in [5.41, 5.74) is 0. The normalized spacial score (nSPS) is 29.5. The molecule has 0 radical (unpaired) electrons. The molecule has 0 spiro atoms. The first-order valence-electron chi connectivity index (χ1n) is 6.40. The minimum absolute atomic E-state index is 0.254. The molecule has 0 aromatic carbocycles. The van der Waals surface area contributed by atoms with E-state index in [0.29, 0.717) is 6.42 Å². The zero-order valence-corrected chi connectivity index (χ0v) is 10.7. The number of amides is 1. The highest BCUT2D eigenvalue weighted by molar-refractivity contribution is 7.99. The predicted molar refractivity (Wildman–Crippen MR) is 68.7 cm³/mol. The molecule has 2 atom stereocenters. The summed E-state index contributed by atoms with van der Waals surface area (Å²) in [4.78, 5) is 11.6. The van der Waals surface area contributed by atoms with Crippen molar-refractivity contribution >= 4 is 17.7 Å². The molecule has 0 aromatic heterocycles. The Bertz CT molecular complexity index is 201. The third kappa shape index (κ3) is 3.98. The number of rotatable bonds is 5. The van der Waals surface area contributed by atoms with Crippen molar-refractivity contribution in [3.05, 3.63) is 0 Å². The molecule has 2 unspecified atom stereocenters. The van der Waals surface area contributed by atoms with Crippen LogP contribution in [0.3, 0.4) is 0 Å². The van der Waals surface area contributed by atoms with Crippen LogP contribution in [0, 0.1) is 11.8 Å². The van der Waals surface area contributed by atoms with E-state index in [1.54, 1.807) is 0 Å². The molecule has 2 rings (SSSR count). The summed E-state index contributed by atoms with van der Waals surface area (Å²) in [7, 11) is 0. The second-order valence-electron chi connectivity index (χ2n) is 4.93. The van der Waals surface area contributed by atoms with Gasteiger partial charge in [-0.15, -0.1) is 0 Å². The Morgan fingerprint density at radius 1 is 1.38 bits per heavy atom. The highest BCUT2D eigenvalue weighted by atomic mass is 32.2. The summed E-state index contributed by atoms with van der Waals surface area (Å²) in [6.45, 7) is 3.13. The van der Waals surface area contributed by atoms with E-state index in [0.717, 1.165) is 37.9 Å². The molecule has 2 N–H and O–H groups in total. The summed E-state index contributed by atoms with van der Waals surface area (Å²) in [5, 5.41) is 6.41. The Morgan fingerprint density at radius 2 is 2.31 bits per heavy atom. The van der Waals surface area contributed by atoms with Gasteiger partial charge in [-0.25, -0.2) is 0 Å². The van der Waals surface area contributed by atoms with Crippen LogP contribution in [0.15, 0.2) is 0 Å². The van der Waals surface area contributed by atoms with Crippen LogP contribution in [0.5, 0.6) is 0 Å². The predicted octanol–water partition coefficient (Wildman–Crippen LogP) is 1.25. The molecule has 0 bridgehead atoms. The maximum Gasteiger partial charge on any atom is 0.220 e. The maximum atomic E-state index is 11.6. The minimum atomic E-state index is 0.254. The lowest BCUT2D eigenvalue weighted by atomic mass is 10.0. The lowest BCUT2D eigenvalue weighted by molar-refractivity contribution is -0.121. The Labute approximate surface area is 102 Å². The van der Waals surface area contributed by atoms with E-state index in [1.807, 2.05) is 11.8 Å². The number of nitrogens with one attached hydrogen (secondary N) is 2. The molecule has 0 aromatic rings. The van der Waals surface area contributed by atoms with Crippen LogP contribution in [0.1, 0.15) is 25.7 Å². The molecule has 2 aliphatic heterocycles. The monoisotopic (exact) mass is 242 g/mol. The topological polar surface area (TPSA) is 41.1 Å². The molecule has 16 heavy (non-hydrogen) atoms.